The number of nitrogens with zero attached hydrogens (tertiary/aromatic N) is 3. The van der Waals surface area contributed by atoms with E-state index in [-0.39, 0.29) is 11.7 Å². The summed E-state index contributed by atoms with van der Waals surface area (Å²) in [5.74, 6) is -0.515. The first-order valence-corrected chi connectivity index (χ1v) is 9.52. The van der Waals surface area contributed by atoms with E-state index in [9.17, 15) is 9.18 Å². The van der Waals surface area contributed by atoms with Crippen LogP contribution in [0.15, 0.2) is 60.7 Å². The molecule has 0 saturated carbocycles. The largest absolute Gasteiger partial charge is 0.328 e. The van der Waals surface area contributed by atoms with Crippen molar-refractivity contribution in [1.29, 1.82) is 0 Å². The second-order valence-electron chi connectivity index (χ2n) is 6.97. The molecule has 1 aliphatic heterocycles. The van der Waals surface area contributed by atoms with Gasteiger partial charge in [0.15, 0.2) is 5.11 Å². The summed E-state index contributed by atoms with van der Waals surface area (Å²) in [5.41, 5.74) is 5.17. The third kappa shape index (κ3) is 3.95. The minimum absolute atomic E-state index is 0.203. The average molecular weight is 406 g/mol. The number of hydrogen-bond donors (Lipinski definition) is 1. The summed E-state index contributed by atoms with van der Waals surface area (Å²) in [7, 11) is 0. The van der Waals surface area contributed by atoms with Crippen LogP contribution in [0.25, 0.3) is 11.8 Å². The molecule has 0 bridgehead atoms. The number of imidazole rings is 1. The SMILES string of the molecule is Cc1cn(-c2ccc(/C=C3\NC(=S)N(Cc4ccc(F)cc4)C3=O)cc2C)cn1. The Bertz CT molecular complexity index is 1130. The fourth-order valence-electron chi connectivity index (χ4n) is 3.27. The number of halogens is 1. The van der Waals surface area contributed by atoms with E-state index in [4.69, 9.17) is 12.2 Å². The number of carbonyl (C=O) groups excluding carboxylic acids is 1. The van der Waals surface area contributed by atoms with Crippen LogP contribution < -0.4 is 5.32 Å². The van der Waals surface area contributed by atoms with E-state index >= 15 is 0 Å². The molecule has 0 aliphatic carbocycles. The molecule has 0 atom stereocenters. The van der Waals surface area contributed by atoms with Gasteiger partial charge in [0.05, 0.1) is 18.6 Å². The lowest BCUT2D eigenvalue weighted by Gasteiger charge is -2.13. The van der Waals surface area contributed by atoms with Gasteiger partial charge in [0, 0.05) is 11.9 Å². The molecule has 0 unspecified atom stereocenters. The normalized spacial score (nSPS) is 15.3. The maximum Gasteiger partial charge on any atom is 0.276 e. The number of thiocarbonyl (C=S) groups is 1. The van der Waals surface area contributed by atoms with Crippen LogP contribution >= 0.6 is 12.2 Å². The van der Waals surface area contributed by atoms with Crippen molar-refractivity contribution in [3.8, 4) is 5.69 Å². The average Bonchev–Trinajstić information content (AvgIpc) is 3.22. The summed E-state index contributed by atoms with van der Waals surface area (Å²) in [6.45, 7) is 4.25. The molecule has 1 N–H and O–H groups in total. The van der Waals surface area contributed by atoms with Crippen LogP contribution in [0.3, 0.4) is 0 Å². The molecular weight excluding hydrogens is 387 g/mol. The Balaban J connectivity index is 1.55. The lowest BCUT2D eigenvalue weighted by molar-refractivity contribution is -0.122. The van der Waals surface area contributed by atoms with E-state index in [0.29, 0.717) is 17.4 Å². The van der Waals surface area contributed by atoms with E-state index < -0.39 is 0 Å². The summed E-state index contributed by atoms with van der Waals surface area (Å²) in [6, 6.07) is 12.0. The van der Waals surface area contributed by atoms with E-state index in [1.54, 1.807) is 24.5 Å². The smallest absolute Gasteiger partial charge is 0.276 e. The van der Waals surface area contributed by atoms with Gasteiger partial charge in [-0.2, -0.15) is 0 Å². The third-order valence-electron chi connectivity index (χ3n) is 4.74. The molecule has 3 aromatic rings. The van der Waals surface area contributed by atoms with E-state index in [1.165, 1.54) is 17.0 Å². The van der Waals surface area contributed by atoms with Crippen molar-refractivity contribution in [2.24, 2.45) is 0 Å². The van der Waals surface area contributed by atoms with Gasteiger partial charge in [-0.25, -0.2) is 9.37 Å². The molecule has 1 aromatic heterocycles. The molecule has 1 saturated heterocycles. The first-order chi connectivity index (χ1) is 13.9. The van der Waals surface area contributed by atoms with Crippen LogP contribution in [-0.4, -0.2) is 25.5 Å². The second-order valence-corrected chi connectivity index (χ2v) is 7.36. The first kappa shape index (κ1) is 19.0. The lowest BCUT2D eigenvalue weighted by Crippen LogP contribution is -2.30. The Hall–Kier alpha value is -3.32. The third-order valence-corrected chi connectivity index (χ3v) is 5.06. The number of hydrogen-bond acceptors (Lipinski definition) is 3. The molecule has 5 nitrogen and oxygen atoms in total. The molecule has 4 rings (SSSR count). The van der Waals surface area contributed by atoms with Crippen molar-refractivity contribution in [2.75, 3.05) is 0 Å². The highest BCUT2D eigenvalue weighted by Gasteiger charge is 2.30. The quantitative estimate of drug-likeness (QED) is 0.528. The molecule has 0 spiro atoms. The fourth-order valence-corrected chi connectivity index (χ4v) is 3.52. The first-order valence-electron chi connectivity index (χ1n) is 9.11. The van der Waals surface area contributed by atoms with E-state index in [0.717, 1.165) is 28.1 Å². The van der Waals surface area contributed by atoms with Crippen molar-refractivity contribution in [2.45, 2.75) is 20.4 Å². The Morgan fingerprint density at radius 2 is 1.93 bits per heavy atom. The van der Waals surface area contributed by atoms with Gasteiger partial charge in [-0.15, -0.1) is 0 Å². The summed E-state index contributed by atoms with van der Waals surface area (Å²) < 4.78 is 15.1. The maximum atomic E-state index is 13.1. The molecule has 2 heterocycles. The van der Waals surface area contributed by atoms with Gasteiger partial charge < -0.3 is 9.88 Å². The lowest BCUT2D eigenvalue weighted by atomic mass is 10.1. The highest BCUT2D eigenvalue weighted by molar-refractivity contribution is 7.80. The van der Waals surface area contributed by atoms with Crippen molar-refractivity contribution < 1.29 is 9.18 Å². The van der Waals surface area contributed by atoms with Crippen LogP contribution in [0.2, 0.25) is 0 Å². The monoisotopic (exact) mass is 406 g/mol. The number of nitrogens with one attached hydrogen (secondary N) is 1. The zero-order valence-corrected chi connectivity index (χ0v) is 16.8. The summed E-state index contributed by atoms with van der Waals surface area (Å²) in [5, 5.41) is 3.32. The van der Waals surface area contributed by atoms with Gasteiger partial charge in [0.2, 0.25) is 0 Å². The highest BCUT2D eigenvalue weighted by Crippen LogP contribution is 2.21. The predicted octanol–water partition coefficient (Wildman–Crippen LogP) is 3.89. The fraction of sp³-hybridized carbons (Fsp3) is 0.136. The van der Waals surface area contributed by atoms with Gasteiger partial charge in [0.1, 0.15) is 11.5 Å². The van der Waals surface area contributed by atoms with Crippen LogP contribution in [0.1, 0.15) is 22.4 Å². The Morgan fingerprint density at radius 1 is 1.17 bits per heavy atom. The Labute approximate surface area is 173 Å². The molecule has 1 aliphatic rings. The molecule has 2 aromatic carbocycles. The molecule has 146 valence electrons. The number of aromatic nitrogens is 2. The van der Waals surface area contributed by atoms with E-state index in [2.05, 4.69) is 10.3 Å². The van der Waals surface area contributed by atoms with E-state index in [1.807, 2.05) is 42.8 Å². The molecular formula is C22H19FN4OS. The predicted molar refractivity (Wildman–Crippen MR) is 114 cm³/mol. The van der Waals surface area contributed by atoms with Gasteiger partial charge in [-0.1, -0.05) is 18.2 Å². The molecule has 29 heavy (non-hydrogen) atoms. The molecule has 0 radical (unpaired) electrons. The molecule has 1 amide bonds. The molecule has 1 fully saturated rings. The standard InChI is InChI=1S/C22H19FN4OS/c1-14-9-17(5-8-20(14)26-11-15(2)24-13-26)10-19-21(28)27(22(29)25-19)12-16-3-6-18(23)7-4-16/h3-11,13H,12H2,1-2H3,(H,25,29)/b19-10-. The van der Waals surface area contributed by atoms with Gasteiger partial charge >= 0.3 is 0 Å². The number of benzene rings is 2. The number of amides is 1. The minimum Gasteiger partial charge on any atom is -0.328 e. The van der Waals surface area contributed by atoms with Crippen LogP contribution in [-0.2, 0) is 11.3 Å². The molecule has 7 heteroatoms. The van der Waals surface area contributed by atoms with Gasteiger partial charge in [0.25, 0.3) is 5.91 Å². The number of aryl methyl sites for hydroxylation is 2. The van der Waals surface area contributed by atoms with Gasteiger partial charge in [-0.3, -0.25) is 9.69 Å². The zero-order chi connectivity index (χ0) is 20.5. The highest BCUT2D eigenvalue weighted by atomic mass is 32.1. The number of carbonyl (C=O) groups is 1. The van der Waals surface area contributed by atoms with Crippen molar-refractivity contribution in [3.05, 3.63) is 88.9 Å². The van der Waals surface area contributed by atoms with Crippen molar-refractivity contribution >= 4 is 29.3 Å². The van der Waals surface area contributed by atoms with Crippen molar-refractivity contribution in [1.82, 2.24) is 19.8 Å². The summed E-state index contributed by atoms with van der Waals surface area (Å²) in [4.78, 5) is 18.5. The van der Waals surface area contributed by atoms with Crippen LogP contribution in [0, 0.1) is 19.7 Å². The van der Waals surface area contributed by atoms with Gasteiger partial charge in [-0.05, 0) is 73.1 Å². The number of rotatable bonds is 4. The zero-order valence-electron chi connectivity index (χ0n) is 16.0. The maximum absolute atomic E-state index is 13.1. The van der Waals surface area contributed by atoms with Crippen LogP contribution in [0.4, 0.5) is 4.39 Å². The summed E-state index contributed by atoms with van der Waals surface area (Å²) in [6.07, 6.45) is 5.53. The van der Waals surface area contributed by atoms with Crippen LogP contribution in [0.5, 0.6) is 0 Å². The topological polar surface area (TPSA) is 50.2 Å². The second kappa shape index (κ2) is 7.60. The minimum atomic E-state index is -0.313. The Kier molecular flexibility index (Phi) is 4.98. The summed E-state index contributed by atoms with van der Waals surface area (Å²) >= 11 is 5.32. The Morgan fingerprint density at radius 3 is 2.59 bits per heavy atom. The van der Waals surface area contributed by atoms with Crippen molar-refractivity contribution in [3.63, 3.8) is 0 Å².